The van der Waals surface area contributed by atoms with Crippen molar-refractivity contribution in [1.82, 2.24) is 4.31 Å². The molecule has 1 aromatic rings. The van der Waals surface area contributed by atoms with Crippen LogP contribution in [0.3, 0.4) is 0 Å². The number of hydrogen-bond donors (Lipinski definition) is 1. The minimum atomic E-state index is -3.49. The minimum absolute atomic E-state index is 0.271. The van der Waals surface area contributed by atoms with Crippen LogP contribution in [0.4, 0.5) is 0 Å². The van der Waals surface area contributed by atoms with Gasteiger partial charge in [0, 0.05) is 19.6 Å². The Morgan fingerprint density at radius 2 is 2.06 bits per heavy atom. The van der Waals surface area contributed by atoms with E-state index in [0.29, 0.717) is 11.4 Å². The molecule has 2 N–H and O–H groups in total. The molecule has 0 atom stereocenters. The second-order valence-electron chi connectivity index (χ2n) is 4.21. The fraction of sp³-hybridized carbons (Fsp3) is 0.385. The van der Waals surface area contributed by atoms with E-state index >= 15 is 0 Å². The fourth-order valence-corrected chi connectivity index (χ4v) is 3.46. The molecule has 0 spiro atoms. The summed E-state index contributed by atoms with van der Waals surface area (Å²) in [5, 5.41) is 0. The SMILES string of the molecule is C=CCN(CCN)S(=O)(=O)c1ccc(C)cc1C. The topological polar surface area (TPSA) is 63.4 Å². The van der Waals surface area contributed by atoms with Gasteiger partial charge in [-0.25, -0.2) is 8.42 Å². The van der Waals surface area contributed by atoms with Crippen LogP contribution in [0.2, 0.25) is 0 Å². The van der Waals surface area contributed by atoms with Crippen molar-refractivity contribution in [2.75, 3.05) is 19.6 Å². The number of nitrogens with zero attached hydrogens (tertiary/aromatic N) is 1. The van der Waals surface area contributed by atoms with Crippen LogP contribution in [0, 0.1) is 13.8 Å². The zero-order chi connectivity index (χ0) is 13.8. The highest BCUT2D eigenvalue weighted by Crippen LogP contribution is 2.20. The minimum Gasteiger partial charge on any atom is -0.329 e. The zero-order valence-corrected chi connectivity index (χ0v) is 11.7. The van der Waals surface area contributed by atoms with Gasteiger partial charge in [0.05, 0.1) is 4.90 Å². The average molecular weight is 268 g/mol. The molecule has 1 aromatic carbocycles. The average Bonchev–Trinajstić information content (AvgIpc) is 2.28. The van der Waals surface area contributed by atoms with Gasteiger partial charge in [-0.1, -0.05) is 23.8 Å². The van der Waals surface area contributed by atoms with Gasteiger partial charge in [-0.3, -0.25) is 0 Å². The smallest absolute Gasteiger partial charge is 0.243 e. The van der Waals surface area contributed by atoms with Crippen molar-refractivity contribution >= 4 is 10.0 Å². The van der Waals surface area contributed by atoms with Crippen molar-refractivity contribution in [3.63, 3.8) is 0 Å². The summed E-state index contributed by atoms with van der Waals surface area (Å²) < 4.78 is 26.3. The molecule has 0 saturated heterocycles. The molecular weight excluding hydrogens is 248 g/mol. The predicted molar refractivity (Wildman–Crippen MR) is 73.9 cm³/mol. The van der Waals surface area contributed by atoms with Crippen molar-refractivity contribution in [2.24, 2.45) is 5.73 Å². The van der Waals surface area contributed by atoms with Gasteiger partial charge in [-0.05, 0) is 25.5 Å². The Morgan fingerprint density at radius 3 is 2.56 bits per heavy atom. The van der Waals surface area contributed by atoms with E-state index in [0.717, 1.165) is 11.1 Å². The highest BCUT2D eigenvalue weighted by atomic mass is 32.2. The first-order valence-electron chi connectivity index (χ1n) is 5.82. The van der Waals surface area contributed by atoms with Gasteiger partial charge in [0.15, 0.2) is 0 Å². The predicted octanol–water partition coefficient (Wildman–Crippen LogP) is 1.44. The van der Waals surface area contributed by atoms with Crippen LogP contribution in [-0.4, -0.2) is 32.4 Å². The number of sulfonamides is 1. The first kappa shape index (κ1) is 14.9. The Labute approximate surface area is 109 Å². The van der Waals surface area contributed by atoms with Crippen LogP contribution in [0.15, 0.2) is 35.7 Å². The molecule has 5 heteroatoms. The molecule has 4 nitrogen and oxygen atoms in total. The van der Waals surface area contributed by atoms with Gasteiger partial charge in [-0.15, -0.1) is 6.58 Å². The van der Waals surface area contributed by atoms with Crippen LogP contribution >= 0.6 is 0 Å². The Hall–Kier alpha value is -1.17. The van der Waals surface area contributed by atoms with Crippen molar-refractivity contribution in [1.29, 1.82) is 0 Å². The lowest BCUT2D eigenvalue weighted by Gasteiger charge is -2.21. The van der Waals surface area contributed by atoms with Crippen LogP contribution < -0.4 is 5.73 Å². The van der Waals surface area contributed by atoms with Crippen molar-refractivity contribution in [3.05, 3.63) is 42.0 Å². The van der Waals surface area contributed by atoms with E-state index in [4.69, 9.17) is 5.73 Å². The summed E-state index contributed by atoms with van der Waals surface area (Å²) in [7, 11) is -3.49. The Balaban J connectivity index is 3.21. The molecule has 0 aliphatic heterocycles. The Bertz CT molecular complexity index is 524. The van der Waals surface area contributed by atoms with Crippen LogP contribution in [0.1, 0.15) is 11.1 Å². The Morgan fingerprint density at radius 1 is 1.39 bits per heavy atom. The maximum absolute atomic E-state index is 12.5. The number of hydrogen-bond acceptors (Lipinski definition) is 3. The molecule has 1 rings (SSSR count). The Kier molecular flexibility index (Phi) is 5.07. The van der Waals surface area contributed by atoms with Gasteiger partial charge in [-0.2, -0.15) is 4.31 Å². The van der Waals surface area contributed by atoms with Crippen LogP contribution in [0.5, 0.6) is 0 Å². The van der Waals surface area contributed by atoms with Gasteiger partial charge in [0.1, 0.15) is 0 Å². The second kappa shape index (κ2) is 6.13. The maximum atomic E-state index is 12.5. The summed E-state index contributed by atoms with van der Waals surface area (Å²) in [4.78, 5) is 0.336. The molecule has 0 fully saturated rings. The van der Waals surface area contributed by atoms with E-state index in [2.05, 4.69) is 6.58 Å². The fourth-order valence-electron chi connectivity index (χ4n) is 1.83. The van der Waals surface area contributed by atoms with E-state index < -0.39 is 10.0 Å². The van der Waals surface area contributed by atoms with Gasteiger partial charge in [0.2, 0.25) is 10.0 Å². The number of aryl methyl sites for hydroxylation is 2. The van der Waals surface area contributed by atoms with E-state index in [1.165, 1.54) is 4.31 Å². The zero-order valence-electron chi connectivity index (χ0n) is 10.9. The summed E-state index contributed by atoms with van der Waals surface area (Å²) in [6.07, 6.45) is 1.57. The summed E-state index contributed by atoms with van der Waals surface area (Å²) in [6.45, 7) is 8.17. The molecule has 0 bridgehead atoms. The van der Waals surface area contributed by atoms with E-state index in [9.17, 15) is 8.42 Å². The molecule has 0 aliphatic carbocycles. The largest absolute Gasteiger partial charge is 0.329 e. The number of rotatable bonds is 6. The number of benzene rings is 1. The molecule has 100 valence electrons. The standard InChI is InChI=1S/C13H20N2O2S/c1-4-8-15(9-7-14)18(16,17)13-6-5-11(2)10-12(13)3/h4-6,10H,1,7-9,14H2,2-3H3. The van der Waals surface area contributed by atoms with Gasteiger partial charge in [0.25, 0.3) is 0 Å². The third kappa shape index (κ3) is 3.19. The summed E-state index contributed by atoms with van der Waals surface area (Å²) in [5.41, 5.74) is 7.25. The summed E-state index contributed by atoms with van der Waals surface area (Å²) in [6, 6.07) is 5.31. The van der Waals surface area contributed by atoms with E-state index in [-0.39, 0.29) is 13.1 Å². The third-order valence-corrected chi connectivity index (χ3v) is 4.68. The number of nitrogens with two attached hydrogens (primary N) is 1. The highest BCUT2D eigenvalue weighted by molar-refractivity contribution is 7.89. The molecule has 0 unspecified atom stereocenters. The van der Waals surface area contributed by atoms with Gasteiger partial charge < -0.3 is 5.73 Å². The lowest BCUT2D eigenvalue weighted by Crippen LogP contribution is -2.35. The molecule has 0 radical (unpaired) electrons. The van der Waals surface area contributed by atoms with Crippen molar-refractivity contribution < 1.29 is 8.42 Å². The lowest BCUT2D eigenvalue weighted by atomic mass is 10.2. The monoisotopic (exact) mass is 268 g/mol. The van der Waals surface area contributed by atoms with Crippen molar-refractivity contribution in [2.45, 2.75) is 18.7 Å². The molecule has 0 aromatic heterocycles. The normalized spacial score (nSPS) is 11.8. The van der Waals surface area contributed by atoms with Crippen molar-refractivity contribution in [3.8, 4) is 0 Å². The highest BCUT2D eigenvalue weighted by Gasteiger charge is 2.24. The molecule has 0 heterocycles. The molecule has 18 heavy (non-hydrogen) atoms. The lowest BCUT2D eigenvalue weighted by molar-refractivity contribution is 0.449. The second-order valence-corrected chi connectivity index (χ2v) is 6.12. The van der Waals surface area contributed by atoms with E-state index in [1.54, 1.807) is 25.1 Å². The third-order valence-electron chi connectivity index (χ3n) is 2.66. The summed E-state index contributed by atoms with van der Waals surface area (Å²) >= 11 is 0. The van der Waals surface area contributed by atoms with Gasteiger partial charge >= 0.3 is 0 Å². The van der Waals surface area contributed by atoms with E-state index in [1.807, 2.05) is 13.0 Å². The first-order valence-corrected chi connectivity index (χ1v) is 7.26. The molecule has 0 aliphatic rings. The van der Waals surface area contributed by atoms with Crippen LogP contribution in [-0.2, 0) is 10.0 Å². The molecule has 0 saturated carbocycles. The molecular formula is C13H20N2O2S. The summed E-state index contributed by atoms with van der Waals surface area (Å²) in [5.74, 6) is 0. The quantitative estimate of drug-likeness (QED) is 0.794. The van der Waals surface area contributed by atoms with Crippen LogP contribution in [0.25, 0.3) is 0 Å². The first-order chi connectivity index (χ1) is 8.43. The maximum Gasteiger partial charge on any atom is 0.243 e. The molecule has 0 amide bonds.